The van der Waals surface area contributed by atoms with E-state index in [1.54, 1.807) is 11.3 Å². The molecule has 0 aliphatic carbocycles. The van der Waals surface area contributed by atoms with Crippen molar-refractivity contribution in [1.82, 2.24) is 19.7 Å². The predicted octanol–water partition coefficient (Wildman–Crippen LogP) is 5.06. The second kappa shape index (κ2) is 8.27. The average Bonchev–Trinajstić information content (AvgIpc) is 3.24. The summed E-state index contributed by atoms with van der Waals surface area (Å²) < 4.78 is 3.26. The number of thiazole rings is 1. The Morgan fingerprint density at radius 1 is 1.24 bits per heavy atom. The Bertz CT molecular complexity index is 986. The van der Waals surface area contributed by atoms with Crippen LogP contribution in [-0.2, 0) is 17.8 Å². The van der Waals surface area contributed by atoms with E-state index in [0.717, 1.165) is 59.8 Å². The lowest BCUT2D eigenvalue weighted by molar-refractivity contribution is -0.134. The number of benzene rings is 1. The van der Waals surface area contributed by atoms with Crippen molar-refractivity contribution in [1.29, 1.82) is 0 Å². The summed E-state index contributed by atoms with van der Waals surface area (Å²) in [5.41, 5.74) is 4.22. The first kappa shape index (κ1) is 20.1. The van der Waals surface area contributed by atoms with Crippen molar-refractivity contribution < 1.29 is 4.79 Å². The van der Waals surface area contributed by atoms with Gasteiger partial charge in [-0.1, -0.05) is 26.0 Å². The van der Waals surface area contributed by atoms with E-state index in [4.69, 9.17) is 10.1 Å². The normalized spacial score (nSPS) is 17.4. The van der Waals surface area contributed by atoms with Gasteiger partial charge in [-0.3, -0.25) is 9.48 Å². The second-order valence-corrected chi connectivity index (χ2v) is 9.58. The smallest absolute Gasteiger partial charge is 0.227 e. The second-order valence-electron chi connectivity index (χ2n) is 8.52. The van der Waals surface area contributed by atoms with Crippen molar-refractivity contribution in [2.45, 2.75) is 66.0 Å². The zero-order chi connectivity index (χ0) is 20.5. The number of rotatable bonds is 5. The van der Waals surface area contributed by atoms with Gasteiger partial charge in [0.2, 0.25) is 5.91 Å². The number of hydrogen-bond donors (Lipinski definition) is 0. The summed E-state index contributed by atoms with van der Waals surface area (Å²) in [6.07, 6.45) is 3.64. The molecule has 1 fully saturated rings. The molecule has 0 radical (unpaired) electrons. The Morgan fingerprint density at radius 2 is 2.03 bits per heavy atom. The summed E-state index contributed by atoms with van der Waals surface area (Å²) in [7, 11) is 0. The quantitative estimate of drug-likeness (QED) is 0.591. The van der Waals surface area contributed by atoms with Gasteiger partial charge in [0.1, 0.15) is 5.01 Å². The van der Waals surface area contributed by atoms with Crippen LogP contribution in [0.4, 0.5) is 0 Å². The highest BCUT2D eigenvalue weighted by atomic mass is 32.1. The standard InChI is InChI=1S/C23H30N4OS/c1-15(2)14-27-17(4)18(16(3)25-27)13-22(28)26-12-8-7-10-20(26)23-24-19-9-5-6-11-21(19)29-23/h5-6,9,11,15,20H,7-8,10,12-14H2,1-4H3. The summed E-state index contributed by atoms with van der Waals surface area (Å²) in [4.78, 5) is 20.3. The Morgan fingerprint density at radius 3 is 2.79 bits per heavy atom. The third kappa shape index (κ3) is 4.08. The molecule has 3 aromatic rings. The third-order valence-electron chi connectivity index (χ3n) is 5.82. The minimum Gasteiger partial charge on any atom is -0.333 e. The van der Waals surface area contributed by atoms with Crippen LogP contribution in [0.5, 0.6) is 0 Å². The first-order chi connectivity index (χ1) is 13.9. The summed E-state index contributed by atoms with van der Waals surface area (Å²) in [6.45, 7) is 10.2. The van der Waals surface area contributed by atoms with Crippen LogP contribution in [0.25, 0.3) is 10.2 Å². The SMILES string of the molecule is Cc1nn(CC(C)C)c(C)c1CC(=O)N1CCCCC1c1nc2ccccc2s1. The van der Waals surface area contributed by atoms with Gasteiger partial charge in [0, 0.05) is 24.3 Å². The number of fused-ring (bicyclic) bond motifs is 1. The first-order valence-corrected chi connectivity index (χ1v) is 11.4. The maximum atomic E-state index is 13.4. The Balaban J connectivity index is 1.57. The number of piperidine rings is 1. The molecule has 1 amide bonds. The number of amides is 1. The molecule has 1 unspecified atom stereocenters. The van der Waals surface area contributed by atoms with E-state index in [0.29, 0.717) is 12.3 Å². The van der Waals surface area contributed by atoms with Crippen LogP contribution in [0.1, 0.15) is 61.1 Å². The number of aryl methyl sites for hydroxylation is 1. The lowest BCUT2D eigenvalue weighted by Crippen LogP contribution is -2.39. The molecule has 1 atom stereocenters. The van der Waals surface area contributed by atoms with Crippen LogP contribution in [0, 0.1) is 19.8 Å². The van der Waals surface area contributed by atoms with Crippen molar-refractivity contribution in [3.8, 4) is 0 Å². The Hall–Kier alpha value is -2.21. The molecule has 154 valence electrons. The summed E-state index contributed by atoms with van der Waals surface area (Å²) >= 11 is 1.73. The molecule has 1 saturated heterocycles. The Labute approximate surface area is 176 Å². The molecule has 3 heterocycles. The van der Waals surface area contributed by atoms with E-state index in [2.05, 4.69) is 48.6 Å². The lowest BCUT2D eigenvalue weighted by atomic mass is 10.0. The van der Waals surface area contributed by atoms with E-state index in [1.165, 1.54) is 4.70 Å². The molecule has 4 rings (SSSR count). The number of carbonyl (C=O) groups is 1. The average molecular weight is 411 g/mol. The molecule has 0 spiro atoms. The number of para-hydroxylation sites is 1. The van der Waals surface area contributed by atoms with Crippen LogP contribution in [0.3, 0.4) is 0 Å². The van der Waals surface area contributed by atoms with Crippen LogP contribution < -0.4 is 0 Å². The zero-order valence-electron chi connectivity index (χ0n) is 17.8. The topological polar surface area (TPSA) is 51.0 Å². The van der Waals surface area contributed by atoms with Crippen LogP contribution >= 0.6 is 11.3 Å². The van der Waals surface area contributed by atoms with Gasteiger partial charge in [-0.15, -0.1) is 11.3 Å². The van der Waals surface area contributed by atoms with Crippen molar-refractivity contribution in [3.63, 3.8) is 0 Å². The highest BCUT2D eigenvalue weighted by Gasteiger charge is 2.31. The molecule has 5 nitrogen and oxygen atoms in total. The monoisotopic (exact) mass is 410 g/mol. The first-order valence-electron chi connectivity index (χ1n) is 10.6. The van der Waals surface area contributed by atoms with Crippen molar-refractivity contribution in [2.75, 3.05) is 6.54 Å². The summed E-state index contributed by atoms with van der Waals surface area (Å²) in [6, 6.07) is 8.34. The van der Waals surface area contributed by atoms with Crippen molar-refractivity contribution >= 4 is 27.5 Å². The van der Waals surface area contributed by atoms with E-state index in [1.807, 2.05) is 13.0 Å². The molecule has 6 heteroatoms. The molecule has 1 aliphatic heterocycles. The highest BCUT2D eigenvalue weighted by molar-refractivity contribution is 7.18. The molecule has 0 saturated carbocycles. The third-order valence-corrected chi connectivity index (χ3v) is 6.95. The van der Waals surface area contributed by atoms with Crippen LogP contribution in [0.2, 0.25) is 0 Å². The van der Waals surface area contributed by atoms with Crippen molar-refractivity contribution in [3.05, 3.63) is 46.2 Å². The van der Waals surface area contributed by atoms with E-state index < -0.39 is 0 Å². The fourth-order valence-corrected chi connectivity index (χ4v) is 5.40. The molecule has 29 heavy (non-hydrogen) atoms. The van der Waals surface area contributed by atoms with Gasteiger partial charge >= 0.3 is 0 Å². The molecule has 2 aromatic heterocycles. The van der Waals surface area contributed by atoms with Gasteiger partial charge in [0.25, 0.3) is 0 Å². The maximum absolute atomic E-state index is 13.4. The fourth-order valence-electron chi connectivity index (χ4n) is 4.29. The largest absolute Gasteiger partial charge is 0.333 e. The number of aromatic nitrogens is 3. The van der Waals surface area contributed by atoms with Gasteiger partial charge < -0.3 is 4.90 Å². The lowest BCUT2D eigenvalue weighted by Gasteiger charge is -2.34. The van der Waals surface area contributed by atoms with Crippen molar-refractivity contribution in [2.24, 2.45) is 5.92 Å². The molecular weight excluding hydrogens is 380 g/mol. The minimum atomic E-state index is 0.0972. The maximum Gasteiger partial charge on any atom is 0.227 e. The van der Waals surface area contributed by atoms with Gasteiger partial charge in [-0.25, -0.2) is 4.98 Å². The molecule has 1 aliphatic rings. The number of likely N-dealkylation sites (tertiary alicyclic amines) is 1. The highest BCUT2D eigenvalue weighted by Crippen LogP contribution is 2.36. The zero-order valence-corrected chi connectivity index (χ0v) is 18.6. The van der Waals surface area contributed by atoms with Crippen LogP contribution in [-0.4, -0.2) is 32.1 Å². The van der Waals surface area contributed by atoms with E-state index in [9.17, 15) is 4.79 Å². The summed E-state index contributed by atoms with van der Waals surface area (Å²) in [5, 5.41) is 5.76. The van der Waals surface area contributed by atoms with Crippen LogP contribution in [0.15, 0.2) is 24.3 Å². The molecule has 0 N–H and O–H groups in total. The van der Waals surface area contributed by atoms with Gasteiger partial charge in [0.05, 0.1) is 28.4 Å². The summed E-state index contributed by atoms with van der Waals surface area (Å²) in [5.74, 6) is 0.728. The molecule has 0 bridgehead atoms. The van der Waals surface area contributed by atoms with E-state index in [-0.39, 0.29) is 11.9 Å². The minimum absolute atomic E-state index is 0.0972. The Kier molecular flexibility index (Phi) is 5.72. The number of nitrogens with zero attached hydrogens (tertiary/aromatic N) is 4. The molecular formula is C23H30N4OS. The number of hydrogen-bond acceptors (Lipinski definition) is 4. The predicted molar refractivity (Wildman–Crippen MR) is 118 cm³/mol. The van der Waals surface area contributed by atoms with E-state index >= 15 is 0 Å². The van der Waals surface area contributed by atoms with Gasteiger partial charge in [-0.2, -0.15) is 5.10 Å². The molecule has 1 aromatic carbocycles. The fraction of sp³-hybridized carbons (Fsp3) is 0.522. The van der Waals surface area contributed by atoms with Gasteiger partial charge in [0.15, 0.2) is 0 Å². The van der Waals surface area contributed by atoms with Gasteiger partial charge in [-0.05, 0) is 51.2 Å². The number of carbonyl (C=O) groups excluding carboxylic acids is 1.